The summed E-state index contributed by atoms with van der Waals surface area (Å²) < 4.78 is 10.4. The van der Waals surface area contributed by atoms with Gasteiger partial charge in [-0.2, -0.15) is 0 Å². The molecular formula is C11H15NO2. The van der Waals surface area contributed by atoms with Gasteiger partial charge in [0.15, 0.2) is 0 Å². The number of nitrogens with two attached hydrogens (primary N) is 1. The molecule has 0 heterocycles. The number of benzene rings is 1. The molecule has 0 bridgehead atoms. The lowest BCUT2D eigenvalue weighted by molar-refractivity contribution is 0.392. The SMILES string of the molecule is C=C(CN)c1c(OC)cccc1OC. The first-order valence-electron chi connectivity index (χ1n) is 4.33. The largest absolute Gasteiger partial charge is 0.496 e. The van der Waals surface area contributed by atoms with Gasteiger partial charge in [0.2, 0.25) is 0 Å². The topological polar surface area (TPSA) is 44.5 Å². The third kappa shape index (κ3) is 1.88. The van der Waals surface area contributed by atoms with Crippen molar-refractivity contribution >= 4 is 5.57 Å². The van der Waals surface area contributed by atoms with Crippen molar-refractivity contribution in [1.29, 1.82) is 0 Å². The van der Waals surface area contributed by atoms with Gasteiger partial charge in [0, 0.05) is 6.54 Å². The van der Waals surface area contributed by atoms with Crippen LogP contribution in [-0.2, 0) is 0 Å². The molecule has 0 saturated heterocycles. The Labute approximate surface area is 84.1 Å². The maximum absolute atomic E-state index is 5.54. The van der Waals surface area contributed by atoms with Crippen molar-refractivity contribution < 1.29 is 9.47 Å². The molecule has 0 unspecified atom stereocenters. The fraction of sp³-hybridized carbons (Fsp3) is 0.273. The number of rotatable bonds is 4. The smallest absolute Gasteiger partial charge is 0.130 e. The van der Waals surface area contributed by atoms with Crippen LogP contribution in [0.25, 0.3) is 5.57 Å². The van der Waals surface area contributed by atoms with Crippen LogP contribution in [0.15, 0.2) is 24.8 Å². The Morgan fingerprint density at radius 3 is 2.14 bits per heavy atom. The summed E-state index contributed by atoms with van der Waals surface area (Å²) in [6.45, 7) is 4.26. The van der Waals surface area contributed by atoms with Gasteiger partial charge in [0.1, 0.15) is 11.5 Å². The fourth-order valence-corrected chi connectivity index (χ4v) is 1.30. The van der Waals surface area contributed by atoms with E-state index in [-0.39, 0.29) is 0 Å². The lowest BCUT2D eigenvalue weighted by Gasteiger charge is -2.13. The number of methoxy groups -OCH3 is 2. The lowest BCUT2D eigenvalue weighted by atomic mass is 10.1. The summed E-state index contributed by atoms with van der Waals surface area (Å²) in [5.74, 6) is 1.47. The van der Waals surface area contributed by atoms with Crippen LogP contribution in [0.1, 0.15) is 5.56 Å². The molecule has 0 fully saturated rings. The standard InChI is InChI=1S/C11H15NO2/c1-8(7-12)11-9(13-2)5-4-6-10(11)14-3/h4-6H,1,7,12H2,2-3H3. The van der Waals surface area contributed by atoms with Gasteiger partial charge in [-0.1, -0.05) is 12.6 Å². The fourth-order valence-electron chi connectivity index (χ4n) is 1.30. The minimum atomic E-state index is 0.386. The van der Waals surface area contributed by atoms with Crippen molar-refractivity contribution in [3.63, 3.8) is 0 Å². The average Bonchev–Trinajstić information content (AvgIpc) is 2.26. The highest BCUT2D eigenvalue weighted by atomic mass is 16.5. The lowest BCUT2D eigenvalue weighted by Crippen LogP contribution is -2.04. The van der Waals surface area contributed by atoms with Crippen LogP contribution < -0.4 is 15.2 Å². The molecule has 0 aliphatic rings. The van der Waals surface area contributed by atoms with Gasteiger partial charge in [0.25, 0.3) is 0 Å². The van der Waals surface area contributed by atoms with Crippen LogP contribution in [0.2, 0.25) is 0 Å². The van der Waals surface area contributed by atoms with E-state index in [4.69, 9.17) is 15.2 Å². The monoisotopic (exact) mass is 193 g/mol. The summed E-state index contributed by atoms with van der Waals surface area (Å²) in [7, 11) is 3.23. The van der Waals surface area contributed by atoms with Crippen LogP contribution >= 0.6 is 0 Å². The Bertz CT molecular complexity index is 312. The molecule has 0 atom stereocenters. The summed E-state index contributed by atoms with van der Waals surface area (Å²) in [6, 6.07) is 5.59. The zero-order valence-electron chi connectivity index (χ0n) is 8.54. The van der Waals surface area contributed by atoms with Crippen LogP contribution in [0.4, 0.5) is 0 Å². The van der Waals surface area contributed by atoms with Crippen molar-refractivity contribution in [2.75, 3.05) is 20.8 Å². The molecule has 0 aliphatic carbocycles. The predicted octanol–water partition coefficient (Wildman–Crippen LogP) is 1.68. The molecule has 3 nitrogen and oxygen atoms in total. The zero-order chi connectivity index (χ0) is 10.6. The van der Waals surface area contributed by atoms with Crippen LogP contribution in [-0.4, -0.2) is 20.8 Å². The Hall–Kier alpha value is -1.48. The number of hydrogen-bond donors (Lipinski definition) is 1. The molecule has 0 aliphatic heterocycles. The average molecular weight is 193 g/mol. The van der Waals surface area contributed by atoms with Gasteiger partial charge in [-0.25, -0.2) is 0 Å². The molecule has 0 amide bonds. The molecular weight excluding hydrogens is 178 g/mol. The molecule has 1 aromatic rings. The molecule has 0 radical (unpaired) electrons. The van der Waals surface area contributed by atoms with E-state index in [0.29, 0.717) is 6.54 Å². The Morgan fingerprint density at radius 2 is 1.79 bits per heavy atom. The Kier molecular flexibility index (Phi) is 3.54. The molecule has 0 saturated carbocycles. The highest BCUT2D eigenvalue weighted by Crippen LogP contribution is 2.33. The third-order valence-electron chi connectivity index (χ3n) is 2.03. The number of ether oxygens (including phenoxy) is 2. The van der Waals surface area contributed by atoms with Gasteiger partial charge < -0.3 is 15.2 Å². The maximum atomic E-state index is 5.54. The summed E-state index contributed by atoms with van der Waals surface area (Å²) in [4.78, 5) is 0. The molecule has 14 heavy (non-hydrogen) atoms. The predicted molar refractivity (Wildman–Crippen MR) is 57.6 cm³/mol. The van der Waals surface area contributed by atoms with E-state index in [1.54, 1.807) is 14.2 Å². The van der Waals surface area contributed by atoms with Gasteiger partial charge in [-0.05, 0) is 17.7 Å². The van der Waals surface area contributed by atoms with Crippen LogP contribution in [0, 0.1) is 0 Å². The zero-order valence-corrected chi connectivity index (χ0v) is 8.54. The van der Waals surface area contributed by atoms with Crippen molar-refractivity contribution in [2.24, 2.45) is 5.73 Å². The molecule has 76 valence electrons. The first-order chi connectivity index (χ1) is 6.74. The summed E-state index contributed by atoms with van der Waals surface area (Å²) in [5.41, 5.74) is 7.19. The first kappa shape index (κ1) is 10.6. The van der Waals surface area contributed by atoms with E-state index in [0.717, 1.165) is 22.6 Å². The van der Waals surface area contributed by atoms with Crippen molar-refractivity contribution in [3.05, 3.63) is 30.3 Å². The van der Waals surface area contributed by atoms with E-state index < -0.39 is 0 Å². The van der Waals surface area contributed by atoms with Gasteiger partial charge in [-0.15, -0.1) is 0 Å². The second kappa shape index (κ2) is 4.67. The molecule has 3 heteroatoms. The quantitative estimate of drug-likeness (QED) is 0.791. The Morgan fingerprint density at radius 1 is 1.29 bits per heavy atom. The minimum Gasteiger partial charge on any atom is -0.496 e. The highest BCUT2D eigenvalue weighted by molar-refractivity contribution is 5.74. The van der Waals surface area contributed by atoms with E-state index in [9.17, 15) is 0 Å². The highest BCUT2D eigenvalue weighted by Gasteiger charge is 2.11. The Balaban J connectivity index is 3.25. The van der Waals surface area contributed by atoms with Crippen molar-refractivity contribution in [2.45, 2.75) is 0 Å². The van der Waals surface area contributed by atoms with Gasteiger partial charge >= 0.3 is 0 Å². The molecule has 0 spiro atoms. The van der Waals surface area contributed by atoms with Gasteiger partial charge in [-0.3, -0.25) is 0 Å². The summed E-state index contributed by atoms with van der Waals surface area (Å²) in [5, 5.41) is 0. The number of hydrogen-bond acceptors (Lipinski definition) is 3. The van der Waals surface area contributed by atoms with E-state index in [1.807, 2.05) is 18.2 Å². The van der Waals surface area contributed by atoms with Crippen molar-refractivity contribution in [1.82, 2.24) is 0 Å². The maximum Gasteiger partial charge on any atom is 0.130 e. The molecule has 2 N–H and O–H groups in total. The second-order valence-electron chi connectivity index (χ2n) is 2.85. The molecule has 1 aromatic carbocycles. The van der Waals surface area contributed by atoms with Gasteiger partial charge in [0.05, 0.1) is 19.8 Å². The summed E-state index contributed by atoms with van der Waals surface area (Å²) >= 11 is 0. The van der Waals surface area contributed by atoms with E-state index in [2.05, 4.69) is 6.58 Å². The first-order valence-corrected chi connectivity index (χ1v) is 4.33. The summed E-state index contributed by atoms with van der Waals surface area (Å²) in [6.07, 6.45) is 0. The second-order valence-corrected chi connectivity index (χ2v) is 2.85. The minimum absolute atomic E-state index is 0.386. The third-order valence-corrected chi connectivity index (χ3v) is 2.03. The molecule has 1 rings (SSSR count). The normalized spacial score (nSPS) is 9.64. The van der Waals surface area contributed by atoms with Crippen molar-refractivity contribution in [3.8, 4) is 11.5 Å². The molecule has 0 aromatic heterocycles. The van der Waals surface area contributed by atoms with Crippen LogP contribution in [0.5, 0.6) is 11.5 Å². The van der Waals surface area contributed by atoms with Crippen LogP contribution in [0.3, 0.4) is 0 Å². The van der Waals surface area contributed by atoms with E-state index in [1.165, 1.54) is 0 Å². The van der Waals surface area contributed by atoms with E-state index >= 15 is 0 Å².